The topological polar surface area (TPSA) is 102 Å². The van der Waals surface area contributed by atoms with Gasteiger partial charge in [-0.2, -0.15) is 0 Å². The lowest BCUT2D eigenvalue weighted by Gasteiger charge is -2.28. The molecule has 0 radical (unpaired) electrons. The number of rotatable bonds is 5. The highest BCUT2D eigenvalue weighted by Gasteiger charge is 2.34. The summed E-state index contributed by atoms with van der Waals surface area (Å²) in [4.78, 5) is 28.4. The summed E-state index contributed by atoms with van der Waals surface area (Å²) in [6, 6.07) is 3.45. The van der Waals surface area contributed by atoms with Gasteiger partial charge in [0.2, 0.25) is 11.8 Å². The average molecular weight is 454 g/mol. The van der Waals surface area contributed by atoms with Gasteiger partial charge in [-0.05, 0) is 43.2 Å². The number of nitrogens with two attached hydrogens (primary N) is 1. The number of carbonyl (C=O) groups is 2. The maximum Gasteiger partial charge on any atom is 0.228 e. The third kappa shape index (κ3) is 4.79. The van der Waals surface area contributed by atoms with Crippen LogP contribution in [0.3, 0.4) is 0 Å². The van der Waals surface area contributed by atoms with E-state index in [-0.39, 0.29) is 29.2 Å². The van der Waals surface area contributed by atoms with Crippen molar-refractivity contribution in [1.29, 1.82) is 0 Å². The van der Waals surface area contributed by atoms with E-state index in [0.29, 0.717) is 29.2 Å². The van der Waals surface area contributed by atoms with Gasteiger partial charge in [0.25, 0.3) is 0 Å². The summed E-state index contributed by atoms with van der Waals surface area (Å²) >= 11 is 0. The third-order valence-corrected chi connectivity index (χ3v) is 6.62. The number of fused-ring (bicyclic) bond motifs is 1. The highest BCUT2D eigenvalue weighted by Crippen LogP contribution is 2.41. The predicted molar refractivity (Wildman–Crippen MR) is 127 cm³/mol. The minimum Gasteiger partial charge on any atom is -0.399 e. The van der Waals surface area contributed by atoms with Gasteiger partial charge in [0.1, 0.15) is 5.82 Å². The number of nitrogens with zero attached hydrogens (tertiary/aromatic N) is 2. The number of amides is 2. The number of hydrogen-bond acceptors (Lipinski definition) is 4. The Hall–Kier alpha value is -3.16. The monoisotopic (exact) mass is 453 g/mol. The van der Waals surface area contributed by atoms with E-state index in [9.17, 15) is 14.0 Å². The first-order valence-corrected chi connectivity index (χ1v) is 11.4. The van der Waals surface area contributed by atoms with Crippen LogP contribution in [0.15, 0.2) is 24.9 Å². The number of aromatic nitrogens is 2. The molecule has 0 spiro atoms. The minimum atomic E-state index is -0.462. The van der Waals surface area contributed by atoms with Gasteiger partial charge >= 0.3 is 0 Å². The fourth-order valence-electron chi connectivity index (χ4n) is 5.18. The molecule has 2 amide bonds. The molecular formula is C25H32FN5O2. The van der Waals surface area contributed by atoms with Crippen molar-refractivity contribution in [2.24, 2.45) is 17.1 Å². The maximum atomic E-state index is 14.9. The quantitative estimate of drug-likeness (QED) is 0.640. The molecular weight excluding hydrogens is 421 g/mol. The molecule has 0 unspecified atom stereocenters. The minimum absolute atomic E-state index is 0.00168. The van der Waals surface area contributed by atoms with E-state index in [2.05, 4.69) is 40.6 Å². The fourth-order valence-corrected chi connectivity index (χ4v) is 5.18. The van der Waals surface area contributed by atoms with E-state index in [1.807, 2.05) is 6.07 Å². The van der Waals surface area contributed by atoms with Gasteiger partial charge in [0.05, 0.1) is 11.9 Å². The van der Waals surface area contributed by atoms with Crippen molar-refractivity contribution in [2.45, 2.75) is 65.5 Å². The zero-order valence-corrected chi connectivity index (χ0v) is 19.5. The van der Waals surface area contributed by atoms with Gasteiger partial charge in [0, 0.05) is 47.9 Å². The molecule has 0 aromatic carbocycles. The lowest BCUT2D eigenvalue weighted by Crippen LogP contribution is -2.40. The summed E-state index contributed by atoms with van der Waals surface area (Å²) < 4.78 is 17.0. The predicted octanol–water partition coefficient (Wildman–Crippen LogP) is 3.83. The Labute approximate surface area is 193 Å². The highest BCUT2D eigenvalue weighted by molar-refractivity contribution is 5.92. The van der Waals surface area contributed by atoms with Crippen molar-refractivity contribution >= 4 is 23.3 Å². The van der Waals surface area contributed by atoms with E-state index in [1.54, 1.807) is 6.07 Å². The third-order valence-electron chi connectivity index (χ3n) is 6.62. The molecule has 1 fully saturated rings. The standard InChI is InChI=1S/C25H32FN5O2/c1-14(27)18-9-21(31-13-25(3,4)11-22(18)31)19-10-23(28-12-20(19)26)30-24(33)16-6-5-7-17(8-16)29-15(2)32/h9-10,12,16-17H,1,5-8,11,13,27H2,2-4H3,(H,29,32)(H,28,30,33)/t16-,17+/m0/s1. The van der Waals surface area contributed by atoms with Crippen LogP contribution in [0.25, 0.3) is 17.0 Å². The number of carbonyl (C=O) groups excluding carboxylic acids is 2. The Morgan fingerprint density at radius 3 is 2.76 bits per heavy atom. The van der Waals surface area contributed by atoms with Crippen molar-refractivity contribution < 1.29 is 14.0 Å². The molecule has 4 rings (SSSR count). The van der Waals surface area contributed by atoms with Crippen molar-refractivity contribution in [3.05, 3.63) is 42.0 Å². The molecule has 1 aliphatic carbocycles. The zero-order valence-electron chi connectivity index (χ0n) is 19.5. The van der Waals surface area contributed by atoms with E-state index >= 15 is 0 Å². The summed E-state index contributed by atoms with van der Waals surface area (Å²) in [5, 5.41) is 5.76. The first-order chi connectivity index (χ1) is 15.5. The molecule has 0 saturated heterocycles. The number of hydrogen-bond donors (Lipinski definition) is 3. The van der Waals surface area contributed by atoms with Gasteiger partial charge < -0.3 is 20.9 Å². The fraction of sp³-hybridized carbons (Fsp3) is 0.480. The summed E-state index contributed by atoms with van der Waals surface area (Å²) in [5.74, 6) is -0.632. The second kappa shape index (κ2) is 8.65. The van der Waals surface area contributed by atoms with Crippen LogP contribution < -0.4 is 16.4 Å². The van der Waals surface area contributed by atoms with E-state index in [1.165, 1.54) is 6.92 Å². The van der Waals surface area contributed by atoms with Crippen LogP contribution in [-0.2, 0) is 22.6 Å². The number of anilines is 1. The van der Waals surface area contributed by atoms with E-state index in [0.717, 1.165) is 49.7 Å². The molecule has 2 atom stereocenters. The largest absolute Gasteiger partial charge is 0.399 e. The normalized spacial score (nSPS) is 21.3. The van der Waals surface area contributed by atoms with Gasteiger partial charge in [-0.3, -0.25) is 9.59 Å². The summed E-state index contributed by atoms with van der Waals surface area (Å²) in [7, 11) is 0. The molecule has 4 N–H and O–H groups in total. The zero-order chi connectivity index (χ0) is 23.9. The van der Waals surface area contributed by atoms with Crippen molar-refractivity contribution in [3.8, 4) is 11.3 Å². The van der Waals surface area contributed by atoms with Crippen LogP contribution in [0, 0.1) is 17.2 Å². The van der Waals surface area contributed by atoms with Crippen molar-refractivity contribution in [3.63, 3.8) is 0 Å². The highest BCUT2D eigenvalue weighted by atomic mass is 19.1. The number of nitrogens with one attached hydrogen (secondary N) is 2. The summed E-state index contributed by atoms with van der Waals surface area (Å²) in [6.45, 7) is 10.4. The van der Waals surface area contributed by atoms with Crippen LogP contribution in [0.2, 0.25) is 0 Å². The second-order valence-electron chi connectivity index (χ2n) is 10.1. The first kappa shape index (κ1) is 23.0. The lowest BCUT2D eigenvalue weighted by molar-refractivity contribution is -0.123. The van der Waals surface area contributed by atoms with Crippen LogP contribution in [0.5, 0.6) is 0 Å². The van der Waals surface area contributed by atoms with Crippen LogP contribution in [0.4, 0.5) is 10.2 Å². The summed E-state index contributed by atoms with van der Waals surface area (Å²) in [6.07, 6.45) is 5.03. The first-order valence-electron chi connectivity index (χ1n) is 11.4. The summed E-state index contributed by atoms with van der Waals surface area (Å²) in [5.41, 5.74) is 9.47. The van der Waals surface area contributed by atoms with E-state index in [4.69, 9.17) is 5.73 Å². The molecule has 33 heavy (non-hydrogen) atoms. The van der Waals surface area contributed by atoms with Gasteiger partial charge in [-0.15, -0.1) is 0 Å². The Morgan fingerprint density at radius 2 is 2.06 bits per heavy atom. The van der Waals surface area contributed by atoms with E-state index < -0.39 is 5.82 Å². The maximum absolute atomic E-state index is 14.9. The average Bonchev–Trinajstić information content (AvgIpc) is 3.22. The molecule has 1 aliphatic heterocycles. The molecule has 2 aromatic rings. The number of halogens is 1. The Balaban J connectivity index is 1.59. The molecule has 3 heterocycles. The van der Waals surface area contributed by atoms with Crippen molar-refractivity contribution in [1.82, 2.24) is 14.9 Å². The molecule has 8 heteroatoms. The van der Waals surface area contributed by atoms with Crippen LogP contribution >= 0.6 is 0 Å². The van der Waals surface area contributed by atoms with Gasteiger partial charge in [-0.25, -0.2) is 9.37 Å². The molecule has 7 nitrogen and oxygen atoms in total. The molecule has 176 valence electrons. The smallest absolute Gasteiger partial charge is 0.228 e. The lowest BCUT2D eigenvalue weighted by atomic mass is 9.85. The van der Waals surface area contributed by atoms with Crippen molar-refractivity contribution in [2.75, 3.05) is 5.32 Å². The molecule has 2 aromatic heterocycles. The second-order valence-corrected chi connectivity index (χ2v) is 10.1. The molecule has 2 aliphatic rings. The number of pyridine rings is 1. The van der Waals surface area contributed by atoms with Crippen LogP contribution in [-0.4, -0.2) is 27.4 Å². The van der Waals surface area contributed by atoms with Crippen LogP contribution in [0.1, 0.15) is 57.7 Å². The Kier molecular flexibility index (Phi) is 6.03. The Morgan fingerprint density at radius 1 is 1.30 bits per heavy atom. The van der Waals surface area contributed by atoms with Gasteiger partial charge in [-0.1, -0.05) is 26.8 Å². The van der Waals surface area contributed by atoms with Gasteiger partial charge in [0.15, 0.2) is 5.82 Å². The molecule has 1 saturated carbocycles. The Bertz CT molecular complexity index is 1120. The molecule has 0 bridgehead atoms. The SMILES string of the molecule is C=C(N)c1cc(-c2cc(NC(=O)[C@H]3CCC[C@@H](NC(C)=O)C3)ncc2F)n2c1CC(C)(C)C2.